The Kier molecular flexibility index (Phi) is 6.67. The van der Waals surface area contributed by atoms with Crippen molar-refractivity contribution in [3.05, 3.63) is 58.6 Å². The molecule has 0 saturated carbocycles. The number of fused-ring (bicyclic) bond motifs is 3. The number of aromatic nitrogens is 3. The van der Waals surface area contributed by atoms with Crippen LogP contribution in [0.5, 0.6) is 5.88 Å². The molecule has 4 rings (SSSR count). The zero-order chi connectivity index (χ0) is 22.8. The maximum Gasteiger partial charge on any atom is 0.247 e. The minimum Gasteiger partial charge on any atom is -0.447 e. The fraction of sp³-hybridized carbons (Fsp3) is 0.333. The van der Waals surface area contributed by atoms with Crippen molar-refractivity contribution in [1.29, 1.82) is 0 Å². The molecule has 1 amide bonds. The predicted molar refractivity (Wildman–Crippen MR) is 128 cm³/mol. The van der Waals surface area contributed by atoms with Gasteiger partial charge in [0.2, 0.25) is 23.2 Å². The SMILES string of the molecule is CCC(=O)N1c2ccc(C)cc2-c2nnc(SCC(C)C)nc2O[C@@H]1c1ccccc1Cl. The van der Waals surface area contributed by atoms with Gasteiger partial charge in [0.05, 0.1) is 5.69 Å². The summed E-state index contributed by atoms with van der Waals surface area (Å²) in [7, 11) is 0. The van der Waals surface area contributed by atoms with Gasteiger partial charge in [-0.05, 0) is 31.0 Å². The Morgan fingerprint density at radius 1 is 1.22 bits per heavy atom. The number of thioether (sulfide) groups is 1. The van der Waals surface area contributed by atoms with Gasteiger partial charge in [-0.1, -0.05) is 74.0 Å². The Morgan fingerprint density at radius 2 is 2.00 bits per heavy atom. The number of carbonyl (C=O) groups is 1. The summed E-state index contributed by atoms with van der Waals surface area (Å²) in [6, 6.07) is 13.3. The Balaban J connectivity index is 1.93. The fourth-order valence-corrected chi connectivity index (χ4v) is 4.46. The lowest BCUT2D eigenvalue weighted by molar-refractivity contribution is -0.120. The van der Waals surface area contributed by atoms with Crippen LogP contribution in [0, 0.1) is 12.8 Å². The number of rotatable bonds is 5. The summed E-state index contributed by atoms with van der Waals surface area (Å²) in [4.78, 5) is 19.5. The van der Waals surface area contributed by atoms with Crippen molar-refractivity contribution in [3.8, 4) is 17.1 Å². The molecule has 2 heterocycles. The van der Waals surface area contributed by atoms with Gasteiger partial charge in [-0.3, -0.25) is 9.69 Å². The molecule has 1 atom stereocenters. The second kappa shape index (κ2) is 9.46. The standard InChI is InChI=1S/C24H25ClN4O2S/c1-5-20(30)29-19-11-10-15(4)12-17(19)21-22(26-24(28-27-21)32-13-14(2)3)31-23(29)16-8-6-7-9-18(16)25/h6-12,14,23H,5,13H2,1-4H3/t23-/m1/s1. The number of hydrogen-bond acceptors (Lipinski definition) is 6. The number of benzene rings is 2. The predicted octanol–water partition coefficient (Wildman–Crippen LogP) is 6.08. The summed E-state index contributed by atoms with van der Waals surface area (Å²) < 4.78 is 6.42. The zero-order valence-corrected chi connectivity index (χ0v) is 20.1. The van der Waals surface area contributed by atoms with Gasteiger partial charge in [0.25, 0.3) is 0 Å². The lowest BCUT2D eigenvalue weighted by Crippen LogP contribution is -2.37. The van der Waals surface area contributed by atoms with E-state index in [9.17, 15) is 4.79 Å². The monoisotopic (exact) mass is 468 g/mol. The Hall–Kier alpha value is -2.64. The minimum absolute atomic E-state index is 0.0878. The van der Waals surface area contributed by atoms with E-state index < -0.39 is 6.23 Å². The smallest absolute Gasteiger partial charge is 0.247 e. The quantitative estimate of drug-likeness (QED) is 0.422. The van der Waals surface area contributed by atoms with E-state index in [1.165, 1.54) is 11.8 Å². The van der Waals surface area contributed by atoms with Crippen LogP contribution in [0.4, 0.5) is 5.69 Å². The van der Waals surface area contributed by atoms with Gasteiger partial charge in [-0.2, -0.15) is 4.98 Å². The number of amides is 1. The number of nitrogens with zero attached hydrogens (tertiary/aromatic N) is 4. The average molecular weight is 469 g/mol. The van der Waals surface area contributed by atoms with Crippen molar-refractivity contribution in [2.75, 3.05) is 10.7 Å². The van der Waals surface area contributed by atoms with Crippen LogP contribution in [0.2, 0.25) is 5.02 Å². The average Bonchev–Trinajstić information content (AvgIpc) is 2.91. The second-order valence-corrected chi connectivity index (χ2v) is 9.48. The van der Waals surface area contributed by atoms with Crippen LogP contribution in [0.25, 0.3) is 11.3 Å². The molecule has 0 radical (unpaired) electrons. The van der Waals surface area contributed by atoms with Gasteiger partial charge < -0.3 is 4.74 Å². The van der Waals surface area contributed by atoms with Gasteiger partial charge in [-0.15, -0.1) is 10.2 Å². The molecule has 0 fully saturated rings. The second-order valence-electron chi connectivity index (χ2n) is 8.08. The summed E-state index contributed by atoms with van der Waals surface area (Å²) in [6.07, 6.45) is -0.471. The maximum atomic E-state index is 13.2. The number of ether oxygens (including phenoxy) is 1. The highest BCUT2D eigenvalue weighted by Crippen LogP contribution is 2.45. The molecule has 3 aromatic rings. The van der Waals surface area contributed by atoms with Gasteiger partial charge in [0.1, 0.15) is 0 Å². The van der Waals surface area contributed by atoms with Gasteiger partial charge >= 0.3 is 0 Å². The van der Waals surface area contributed by atoms with Gasteiger partial charge in [0, 0.05) is 28.3 Å². The van der Waals surface area contributed by atoms with Gasteiger partial charge in [-0.25, -0.2) is 0 Å². The number of anilines is 1. The highest BCUT2D eigenvalue weighted by Gasteiger charge is 2.36. The molecule has 2 aromatic carbocycles. The third-order valence-electron chi connectivity index (χ3n) is 5.05. The topological polar surface area (TPSA) is 68.2 Å². The molecule has 32 heavy (non-hydrogen) atoms. The van der Waals surface area contributed by atoms with E-state index in [-0.39, 0.29) is 5.91 Å². The first-order valence-corrected chi connectivity index (χ1v) is 12.0. The van der Waals surface area contributed by atoms with Crippen LogP contribution in [0.15, 0.2) is 47.6 Å². The lowest BCUT2D eigenvalue weighted by Gasteiger charge is -2.31. The van der Waals surface area contributed by atoms with Gasteiger partial charge in [0.15, 0.2) is 5.69 Å². The normalized spacial score (nSPS) is 15.1. The van der Waals surface area contributed by atoms with Crippen molar-refractivity contribution in [1.82, 2.24) is 15.2 Å². The Bertz CT molecular complexity index is 1150. The molecular weight excluding hydrogens is 444 g/mol. The third kappa shape index (κ3) is 4.45. The van der Waals surface area contributed by atoms with Crippen LogP contribution in [-0.4, -0.2) is 26.8 Å². The molecule has 1 aliphatic heterocycles. The third-order valence-corrected chi connectivity index (χ3v) is 6.66. The first kappa shape index (κ1) is 22.6. The van der Waals surface area contributed by atoms with E-state index >= 15 is 0 Å². The molecule has 6 nitrogen and oxygen atoms in total. The summed E-state index contributed by atoms with van der Waals surface area (Å²) in [5.74, 6) is 1.61. The summed E-state index contributed by atoms with van der Waals surface area (Å²) in [6.45, 7) is 8.11. The molecule has 0 spiro atoms. The zero-order valence-electron chi connectivity index (χ0n) is 18.5. The summed E-state index contributed by atoms with van der Waals surface area (Å²) >= 11 is 8.08. The van der Waals surface area contributed by atoms with E-state index in [1.54, 1.807) is 11.0 Å². The molecule has 166 valence electrons. The Labute approximate surface area is 197 Å². The van der Waals surface area contributed by atoms with E-state index in [0.29, 0.717) is 45.3 Å². The molecule has 1 aromatic heterocycles. The first-order valence-electron chi connectivity index (χ1n) is 10.6. The van der Waals surface area contributed by atoms with Crippen molar-refractivity contribution in [2.24, 2.45) is 5.92 Å². The van der Waals surface area contributed by atoms with Crippen molar-refractivity contribution < 1.29 is 9.53 Å². The van der Waals surface area contributed by atoms with Crippen LogP contribution in [0.3, 0.4) is 0 Å². The summed E-state index contributed by atoms with van der Waals surface area (Å²) in [5.41, 5.74) is 3.70. The molecule has 1 aliphatic rings. The Morgan fingerprint density at radius 3 is 2.72 bits per heavy atom. The first-order chi connectivity index (χ1) is 15.4. The number of carbonyl (C=O) groups excluding carboxylic acids is 1. The molecule has 0 aliphatic carbocycles. The van der Waals surface area contributed by atoms with Crippen LogP contribution >= 0.6 is 23.4 Å². The molecule has 0 N–H and O–H groups in total. The van der Waals surface area contributed by atoms with Crippen molar-refractivity contribution in [3.63, 3.8) is 0 Å². The highest BCUT2D eigenvalue weighted by molar-refractivity contribution is 7.99. The molecule has 0 unspecified atom stereocenters. The number of hydrogen-bond donors (Lipinski definition) is 0. The number of aryl methyl sites for hydroxylation is 1. The van der Waals surface area contributed by atoms with E-state index in [4.69, 9.17) is 16.3 Å². The van der Waals surface area contributed by atoms with Crippen molar-refractivity contribution in [2.45, 2.75) is 45.5 Å². The molecule has 0 saturated heterocycles. The van der Waals surface area contributed by atoms with Crippen LogP contribution in [0.1, 0.15) is 44.5 Å². The van der Waals surface area contributed by atoms with E-state index in [2.05, 4.69) is 29.0 Å². The molecule has 0 bridgehead atoms. The van der Waals surface area contributed by atoms with E-state index in [0.717, 1.165) is 16.9 Å². The van der Waals surface area contributed by atoms with Crippen molar-refractivity contribution >= 4 is 35.0 Å². The highest BCUT2D eigenvalue weighted by atomic mass is 35.5. The van der Waals surface area contributed by atoms with Crippen LogP contribution < -0.4 is 9.64 Å². The fourth-order valence-electron chi connectivity index (χ4n) is 3.50. The molecular formula is C24H25ClN4O2S. The summed E-state index contributed by atoms with van der Waals surface area (Å²) in [5, 5.41) is 9.87. The largest absolute Gasteiger partial charge is 0.447 e. The molecule has 8 heteroatoms. The van der Waals surface area contributed by atoms with E-state index in [1.807, 2.05) is 50.2 Å². The van der Waals surface area contributed by atoms with Crippen LogP contribution in [-0.2, 0) is 4.79 Å². The lowest BCUT2D eigenvalue weighted by atomic mass is 10.0. The minimum atomic E-state index is -0.779. The maximum absolute atomic E-state index is 13.2. The number of halogens is 1.